The number of nitrogens with one attached hydrogen (secondary N) is 1. The molecule has 0 saturated carbocycles. The van der Waals surface area contributed by atoms with E-state index in [9.17, 15) is 4.79 Å². The highest BCUT2D eigenvalue weighted by Crippen LogP contribution is 2.36. The molecule has 27 heavy (non-hydrogen) atoms. The molecule has 0 aliphatic carbocycles. The Morgan fingerprint density at radius 3 is 2.78 bits per heavy atom. The second kappa shape index (κ2) is 9.65. The summed E-state index contributed by atoms with van der Waals surface area (Å²) in [5.74, 6) is 1.59. The first-order chi connectivity index (χ1) is 12.9. The maximum Gasteiger partial charge on any atom is 0.259 e. The Hall–Kier alpha value is -2.20. The van der Waals surface area contributed by atoms with Gasteiger partial charge in [0.05, 0.1) is 17.3 Å². The number of aromatic nitrogens is 3. The number of nitrogens with zero attached hydrogens (tertiary/aromatic N) is 4. The molecule has 1 N–H and O–H groups in total. The molecule has 0 aliphatic rings. The lowest BCUT2D eigenvalue weighted by Gasteiger charge is -2.16. The van der Waals surface area contributed by atoms with Gasteiger partial charge in [0.25, 0.3) is 5.91 Å². The van der Waals surface area contributed by atoms with E-state index in [4.69, 9.17) is 21.7 Å². The van der Waals surface area contributed by atoms with Crippen LogP contribution in [0.3, 0.4) is 0 Å². The van der Waals surface area contributed by atoms with Gasteiger partial charge in [-0.1, -0.05) is 6.92 Å². The molecule has 1 aromatic carbocycles. The molecule has 10 heteroatoms. The van der Waals surface area contributed by atoms with Crippen molar-refractivity contribution < 1.29 is 14.3 Å². The van der Waals surface area contributed by atoms with Gasteiger partial charge in [-0.15, -0.1) is 0 Å². The molecule has 0 spiro atoms. The average molecular weight is 456 g/mol. The fourth-order valence-corrected chi connectivity index (χ4v) is 2.90. The van der Waals surface area contributed by atoms with E-state index in [1.54, 1.807) is 31.1 Å². The molecule has 0 atom stereocenters. The third-order valence-corrected chi connectivity index (χ3v) is 4.38. The van der Waals surface area contributed by atoms with Gasteiger partial charge in [-0.3, -0.25) is 9.89 Å². The number of benzene rings is 1. The highest BCUT2D eigenvalue weighted by Gasteiger charge is 2.14. The molecule has 0 fully saturated rings. The van der Waals surface area contributed by atoms with Crippen molar-refractivity contribution in [3.05, 3.63) is 32.8 Å². The third-order valence-electron chi connectivity index (χ3n) is 3.53. The summed E-state index contributed by atoms with van der Waals surface area (Å²) >= 11 is 8.67. The lowest BCUT2D eigenvalue weighted by molar-refractivity contribution is -0.130. The van der Waals surface area contributed by atoms with Crippen molar-refractivity contribution in [2.24, 2.45) is 5.10 Å². The number of hydrogen-bond acceptors (Lipinski definition) is 6. The van der Waals surface area contributed by atoms with E-state index in [2.05, 4.69) is 31.2 Å². The molecular weight excluding hydrogens is 434 g/mol. The van der Waals surface area contributed by atoms with Crippen molar-refractivity contribution in [2.45, 2.75) is 20.3 Å². The average Bonchev–Trinajstić information content (AvgIpc) is 2.98. The van der Waals surface area contributed by atoms with Crippen LogP contribution in [-0.2, 0) is 11.2 Å². The Balaban J connectivity index is 2.31. The van der Waals surface area contributed by atoms with Crippen LogP contribution in [-0.4, -0.2) is 59.2 Å². The number of ether oxygens (including phenoxy) is 2. The molecule has 8 nitrogen and oxygen atoms in total. The van der Waals surface area contributed by atoms with Crippen LogP contribution in [0.4, 0.5) is 0 Å². The highest BCUT2D eigenvalue weighted by molar-refractivity contribution is 9.10. The molecular formula is C17H22BrN5O3S. The fourth-order valence-electron chi connectivity index (χ4n) is 2.13. The van der Waals surface area contributed by atoms with Gasteiger partial charge in [0.1, 0.15) is 0 Å². The second-order valence-corrected chi connectivity index (χ2v) is 6.94. The van der Waals surface area contributed by atoms with Gasteiger partial charge in [-0.25, -0.2) is 0 Å². The summed E-state index contributed by atoms with van der Waals surface area (Å²) in [5.41, 5.74) is 0.779. The number of aromatic amines is 1. The van der Waals surface area contributed by atoms with Crippen LogP contribution in [0.5, 0.6) is 11.5 Å². The molecule has 0 unspecified atom stereocenters. The van der Waals surface area contributed by atoms with Gasteiger partial charge in [0, 0.05) is 20.5 Å². The molecule has 1 heterocycles. The summed E-state index contributed by atoms with van der Waals surface area (Å²) in [6.07, 6.45) is 2.36. The number of halogens is 1. The van der Waals surface area contributed by atoms with Crippen LogP contribution in [0.15, 0.2) is 21.7 Å². The Morgan fingerprint density at radius 1 is 1.41 bits per heavy atom. The van der Waals surface area contributed by atoms with Crippen LogP contribution in [0, 0.1) is 4.77 Å². The number of likely N-dealkylation sites (N-methyl/N-ethyl adjacent to an activating group) is 1. The lowest BCUT2D eigenvalue weighted by Crippen LogP contribution is -2.27. The molecule has 1 aromatic heterocycles. The second-order valence-electron chi connectivity index (χ2n) is 5.69. The summed E-state index contributed by atoms with van der Waals surface area (Å²) in [7, 11) is 3.35. The quantitative estimate of drug-likeness (QED) is 0.488. The molecule has 0 bridgehead atoms. The van der Waals surface area contributed by atoms with Crippen molar-refractivity contribution in [2.75, 3.05) is 27.3 Å². The minimum Gasteiger partial charge on any atom is -0.490 e. The van der Waals surface area contributed by atoms with Gasteiger partial charge in [-0.2, -0.15) is 14.9 Å². The topological polar surface area (TPSA) is 84.7 Å². The van der Waals surface area contributed by atoms with Gasteiger partial charge in [0.15, 0.2) is 23.9 Å². The maximum atomic E-state index is 11.8. The zero-order valence-corrected chi connectivity index (χ0v) is 18.1. The first kappa shape index (κ1) is 21.1. The fraction of sp³-hybridized carbons (Fsp3) is 0.412. The summed E-state index contributed by atoms with van der Waals surface area (Å²) < 4.78 is 14.0. The summed E-state index contributed by atoms with van der Waals surface area (Å²) in [6.45, 7) is 4.23. The normalized spacial score (nSPS) is 11.0. The zero-order valence-electron chi connectivity index (χ0n) is 15.7. The SMILES string of the molecule is CCOc1cc(/C=N/n2c(CC)n[nH]c2=S)cc(Br)c1OCC(=O)N(C)C. The van der Waals surface area contributed by atoms with Gasteiger partial charge in [0.2, 0.25) is 4.77 Å². The van der Waals surface area contributed by atoms with Gasteiger partial charge in [-0.05, 0) is 52.8 Å². The number of carbonyl (C=O) groups is 1. The molecule has 1 amide bonds. The number of rotatable bonds is 8. The van der Waals surface area contributed by atoms with Crippen LogP contribution in [0.1, 0.15) is 25.2 Å². The van der Waals surface area contributed by atoms with Crippen LogP contribution in [0.2, 0.25) is 0 Å². The van der Waals surface area contributed by atoms with E-state index in [1.807, 2.05) is 19.9 Å². The first-order valence-electron chi connectivity index (χ1n) is 8.37. The predicted octanol–water partition coefficient (Wildman–Crippen LogP) is 3.01. The van der Waals surface area contributed by atoms with Crippen LogP contribution in [0.25, 0.3) is 0 Å². The van der Waals surface area contributed by atoms with Crippen molar-refractivity contribution in [3.63, 3.8) is 0 Å². The monoisotopic (exact) mass is 455 g/mol. The number of aryl methyl sites for hydroxylation is 1. The third kappa shape index (κ3) is 5.39. The lowest BCUT2D eigenvalue weighted by atomic mass is 10.2. The number of hydrogen-bond donors (Lipinski definition) is 1. The smallest absolute Gasteiger partial charge is 0.259 e. The largest absolute Gasteiger partial charge is 0.490 e. The molecule has 2 aromatic rings. The standard InChI is InChI=1S/C17H22BrN5O3S/c1-5-14-20-21-17(27)23(14)19-9-11-7-12(18)16(13(8-11)25-6-2)26-10-15(24)22(3)4/h7-9H,5-6,10H2,1-4H3,(H,21,27)/b19-9+. The van der Waals surface area contributed by atoms with E-state index in [0.29, 0.717) is 33.8 Å². The summed E-state index contributed by atoms with van der Waals surface area (Å²) in [6, 6.07) is 3.62. The van der Waals surface area contributed by atoms with E-state index >= 15 is 0 Å². The molecule has 0 aliphatic heterocycles. The molecule has 2 rings (SSSR count). The predicted molar refractivity (Wildman–Crippen MR) is 109 cm³/mol. The highest BCUT2D eigenvalue weighted by atomic mass is 79.9. The number of carbonyl (C=O) groups excluding carboxylic acids is 1. The maximum absolute atomic E-state index is 11.8. The molecule has 146 valence electrons. The summed E-state index contributed by atoms with van der Waals surface area (Å²) in [4.78, 5) is 13.3. The summed E-state index contributed by atoms with van der Waals surface area (Å²) in [5, 5.41) is 11.2. The van der Waals surface area contributed by atoms with E-state index in [1.165, 1.54) is 4.90 Å². The van der Waals surface area contributed by atoms with Crippen molar-refractivity contribution in [3.8, 4) is 11.5 Å². The Kier molecular flexibility index (Phi) is 7.55. The number of amides is 1. The van der Waals surface area contributed by atoms with Crippen molar-refractivity contribution in [1.29, 1.82) is 0 Å². The van der Waals surface area contributed by atoms with Crippen molar-refractivity contribution in [1.82, 2.24) is 19.8 Å². The van der Waals surface area contributed by atoms with Crippen LogP contribution >= 0.6 is 28.1 Å². The zero-order chi connectivity index (χ0) is 20.0. The first-order valence-corrected chi connectivity index (χ1v) is 9.57. The van der Waals surface area contributed by atoms with Crippen LogP contribution < -0.4 is 9.47 Å². The Labute approximate surface area is 171 Å². The number of H-pyrrole nitrogens is 1. The Morgan fingerprint density at radius 2 is 2.15 bits per heavy atom. The molecule has 0 saturated heterocycles. The van der Waals surface area contributed by atoms with Crippen molar-refractivity contribution >= 4 is 40.3 Å². The van der Waals surface area contributed by atoms with E-state index in [0.717, 1.165) is 11.4 Å². The van der Waals surface area contributed by atoms with Gasteiger partial charge < -0.3 is 14.4 Å². The minimum atomic E-state index is -0.142. The molecule has 0 radical (unpaired) electrons. The van der Waals surface area contributed by atoms with Gasteiger partial charge >= 0.3 is 0 Å². The van der Waals surface area contributed by atoms with E-state index < -0.39 is 0 Å². The van der Waals surface area contributed by atoms with E-state index in [-0.39, 0.29) is 12.5 Å². The Bertz CT molecular complexity index is 891. The minimum absolute atomic E-state index is 0.0802.